The highest BCUT2D eigenvalue weighted by Gasteiger charge is 2.22. The second kappa shape index (κ2) is 8.71. The number of aryl methyl sites for hydroxylation is 1. The molecule has 0 aliphatic rings. The number of urea groups is 1. The summed E-state index contributed by atoms with van der Waals surface area (Å²) >= 11 is 7.71. The number of benzene rings is 1. The summed E-state index contributed by atoms with van der Waals surface area (Å²) < 4.78 is 6.81. The molecule has 3 aromatic rings. The van der Waals surface area contributed by atoms with Gasteiger partial charge in [0, 0.05) is 27.9 Å². The first-order chi connectivity index (χ1) is 13.8. The minimum atomic E-state index is -0.552. The summed E-state index contributed by atoms with van der Waals surface area (Å²) in [6, 6.07) is 7.84. The van der Waals surface area contributed by atoms with Gasteiger partial charge in [-0.2, -0.15) is 0 Å². The normalized spacial score (nSPS) is 11.8. The van der Waals surface area contributed by atoms with Gasteiger partial charge in [0.1, 0.15) is 5.00 Å². The molecule has 3 rings (SSSR count). The second-order valence-electron chi connectivity index (χ2n) is 6.59. The van der Waals surface area contributed by atoms with Gasteiger partial charge < -0.3 is 19.9 Å². The number of anilines is 1. The number of hydrogen-bond acceptors (Lipinski definition) is 4. The van der Waals surface area contributed by atoms with E-state index < -0.39 is 12.0 Å². The summed E-state index contributed by atoms with van der Waals surface area (Å²) in [5.74, 6) is -0.552. The van der Waals surface area contributed by atoms with Gasteiger partial charge in [0.15, 0.2) is 0 Å². The molecule has 0 saturated carbocycles. The molecular weight excluding hydrogens is 410 g/mol. The SMILES string of the molecule is COC(=O)c1ccc(Cl)cc1NC(=O)N[C@H](C)c1c(-n2cccc2)sc(C)c1C. The summed E-state index contributed by atoms with van der Waals surface area (Å²) in [5, 5.41) is 7.13. The fraction of sp³-hybridized carbons (Fsp3) is 0.238. The number of methoxy groups -OCH3 is 1. The highest BCUT2D eigenvalue weighted by molar-refractivity contribution is 7.14. The number of carbonyl (C=O) groups is 2. The van der Waals surface area contributed by atoms with Crippen molar-refractivity contribution in [3.63, 3.8) is 0 Å². The molecule has 0 aliphatic heterocycles. The molecule has 29 heavy (non-hydrogen) atoms. The Bertz CT molecular complexity index is 1040. The minimum Gasteiger partial charge on any atom is -0.465 e. The molecule has 0 radical (unpaired) electrons. The van der Waals surface area contributed by atoms with Gasteiger partial charge in [0.2, 0.25) is 0 Å². The van der Waals surface area contributed by atoms with Gasteiger partial charge in [-0.15, -0.1) is 11.3 Å². The molecule has 2 heterocycles. The van der Waals surface area contributed by atoms with Gasteiger partial charge >= 0.3 is 12.0 Å². The van der Waals surface area contributed by atoms with E-state index in [1.165, 1.54) is 24.1 Å². The van der Waals surface area contributed by atoms with Gasteiger partial charge in [-0.3, -0.25) is 0 Å². The van der Waals surface area contributed by atoms with Crippen molar-refractivity contribution < 1.29 is 14.3 Å². The summed E-state index contributed by atoms with van der Waals surface area (Å²) in [6.45, 7) is 6.05. The molecule has 1 aromatic carbocycles. The zero-order valence-corrected chi connectivity index (χ0v) is 18.1. The first kappa shape index (κ1) is 21.0. The molecule has 2 aromatic heterocycles. The first-order valence-corrected chi connectivity index (χ1v) is 10.2. The molecule has 8 heteroatoms. The third-order valence-corrected chi connectivity index (χ3v) is 6.14. The monoisotopic (exact) mass is 431 g/mol. The molecule has 0 unspecified atom stereocenters. The highest BCUT2D eigenvalue weighted by atomic mass is 35.5. The smallest absolute Gasteiger partial charge is 0.339 e. The number of carbonyl (C=O) groups excluding carboxylic acids is 2. The van der Waals surface area contributed by atoms with E-state index in [-0.39, 0.29) is 17.3 Å². The van der Waals surface area contributed by atoms with Crippen LogP contribution in [-0.2, 0) is 4.74 Å². The van der Waals surface area contributed by atoms with Crippen LogP contribution in [0.5, 0.6) is 0 Å². The van der Waals surface area contributed by atoms with E-state index in [4.69, 9.17) is 16.3 Å². The standard InChI is InChI=1S/C21H22ClN3O3S/c1-12-14(3)29-19(25-9-5-6-10-25)18(12)13(2)23-21(27)24-17-11-15(22)7-8-16(17)20(26)28-4/h5-11,13H,1-4H3,(H2,23,24,27)/t13-/m1/s1. The van der Waals surface area contributed by atoms with Gasteiger partial charge in [0.25, 0.3) is 0 Å². The van der Waals surface area contributed by atoms with Crippen LogP contribution in [0.25, 0.3) is 5.00 Å². The molecule has 2 amide bonds. The van der Waals surface area contributed by atoms with E-state index in [0.717, 1.165) is 16.1 Å². The Hall–Kier alpha value is -2.77. The van der Waals surface area contributed by atoms with Gasteiger partial charge in [-0.25, -0.2) is 9.59 Å². The molecule has 0 aliphatic carbocycles. The lowest BCUT2D eigenvalue weighted by Crippen LogP contribution is -2.32. The van der Waals surface area contributed by atoms with Crippen molar-refractivity contribution in [2.45, 2.75) is 26.8 Å². The number of ether oxygens (including phenoxy) is 1. The number of nitrogens with zero attached hydrogens (tertiary/aromatic N) is 1. The quantitative estimate of drug-likeness (QED) is 0.525. The third-order valence-electron chi connectivity index (χ3n) is 4.67. The predicted octanol–water partition coefficient (Wildman–Crippen LogP) is 5.48. The minimum absolute atomic E-state index is 0.232. The van der Waals surface area contributed by atoms with Crippen LogP contribution in [-0.4, -0.2) is 23.7 Å². The maximum atomic E-state index is 12.7. The van der Waals surface area contributed by atoms with Crippen molar-refractivity contribution in [1.29, 1.82) is 0 Å². The van der Waals surface area contributed by atoms with Gasteiger partial charge in [0.05, 0.1) is 24.4 Å². The molecular formula is C21H22ClN3O3S. The van der Waals surface area contributed by atoms with E-state index in [1.807, 2.05) is 36.0 Å². The molecule has 0 bridgehead atoms. The molecule has 6 nitrogen and oxygen atoms in total. The van der Waals surface area contributed by atoms with Crippen LogP contribution in [0.4, 0.5) is 10.5 Å². The van der Waals surface area contributed by atoms with E-state index >= 15 is 0 Å². The average Bonchev–Trinajstić information content (AvgIpc) is 3.30. The van der Waals surface area contributed by atoms with E-state index in [9.17, 15) is 9.59 Å². The number of halogens is 1. The topological polar surface area (TPSA) is 72.4 Å². The summed E-state index contributed by atoms with van der Waals surface area (Å²) in [7, 11) is 1.29. The molecule has 152 valence electrons. The molecule has 0 spiro atoms. The Labute approximate surface area is 178 Å². The van der Waals surface area contributed by atoms with E-state index in [1.54, 1.807) is 17.4 Å². The average molecular weight is 432 g/mol. The zero-order chi connectivity index (χ0) is 21.1. The second-order valence-corrected chi connectivity index (χ2v) is 8.23. The molecule has 1 atom stereocenters. The van der Waals surface area contributed by atoms with Crippen molar-refractivity contribution in [3.8, 4) is 5.00 Å². The lowest BCUT2D eigenvalue weighted by Gasteiger charge is -2.18. The Morgan fingerprint density at radius 3 is 2.55 bits per heavy atom. The maximum absolute atomic E-state index is 12.7. The van der Waals surface area contributed by atoms with Crippen molar-refractivity contribution in [2.24, 2.45) is 0 Å². The number of rotatable bonds is 5. The van der Waals surface area contributed by atoms with Crippen LogP contribution in [0.15, 0.2) is 42.7 Å². The van der Waals surface area contributed by atoms with Gasteiger partial charge in [-0.05, 0) is 56.7 Å². The fourth-order valence-electron chi connectivity index (χ4n) is 3.13. The van der Waals surface area contributed by atoms with E-state index in [0.29, 0.717) is 5.02 Å². The summed E-state index contributed by atoms with van der Waals surface area (Å²) in [4.78, 5) is 25.8. The van der Waals surface area contributed by atoms with Crippen LogP contribution in [0.3, 0.4) is 0 Å². The Kier molecular flexibility index (Phi) is 6.30. The van der Waals surface area contributed by atoms with Crippen LogP contribution < -0.4 is 10.6 Å². The largest absolute Gasteiger partial charge is 0.465 e. The first-order valence-electron chi connectivity index (χ1n) is 9.00. The van der Waals surface area contributed by atoms with Crippen molar-refractivity contribution in [3.05, 3.63) is 69.3 Å². The van der Waals surface area contributed by atoms with Crippen LogP contribution >= 0.6 is 22.9 Å². The summed E-state index contributed by atoms with van der Waals surface area (Å²) in [6.07, 6.45) is 3.96. The molecule has 0 fully saturated rings. The van der Waals surface area contributed by atoms with Crippen LogP contribution in [0.1, 0.15) is 39.3 Å². The number of hydrogen-bond donors (Lipinski definition) is 2. The highest BCUT2D eigenvalue weighted by Crippen LogP contribution is 2.35. The lowest BCUT2D eigenvalue weighted by molar-refractivity contribution is 0.0602. The number of esters is 1. The lowest BCUT2D eigenvalue weighted by atomic mass is 10.1. The summed E-state index contributed by atoms with van der Waals surface area (Å²) in [5.41, 5.74) is 2.72. The van der Waals surface area contributed by atoms with Crippen molar-refractivity contribution in [2.75, 3.05) is 12.4 Å². The number of thiophene rings is 1. The third kappa shape index (κ3) is 4.46. The van der Waals surface area contributed by atoms with Gasteiger partial charge in [-0.1, -0.05) is 11.6 Å². The van der Waals surface area contributed by atoms with Crippen molar-refractivity contribution in [1.82, 2.24) is 9.88 Å². The zero-order valence-electron chi connectivity index (χ0n) is 16.6. The number of aromatic nitrogens is 1. The fourth-order valence-corrected chi connectivity index (χ4v) is 4.53. The van der Waals surface area contributed by atoms with Crippen molar-refractivity contribution >= 4 is 40.6 Å². The number of nitrogens with one attached hydrogen (secondary N) is 2. The molecule has 2 N–H and O–H groups in total. The van der Waals surface area contributed by atoms with Crippen LogP contribution in [0, 0.1) is 13.8 Å². The number of amides is 2. The van der Waals surface area contributed by atoms with Crippen LogP contribution in [0.2, 0.25) is 5.02 Å². The maximum Gasteiger partial charge on any atom is 0.339 e. The Morgan fingerprint density at radius 1 is 1.21 bits per heavy atom. The van der Waals surface area contributed by atoms with E-state index in [2.05, 4.69) is 24.5 Å². The molecule has 0 saturated heterocycles. The Morgan fingerprint density at radius 2 is 1.90 bits per heavy atom. The predicted molar refractivity (Wildman–Crippen MR) is 116 cm³/mol. The Balaban J connectivity index is 1.83.